The van der Waals surface area contributed by atoms with E-state index in [0.29, 0.717) is 0 Å². The van der Waals surface area contributed by atoms with E-state index in [1.165, 1.54) is 55.8 Å². The zero-order valence-electron chi connectivity index (χ0n) is 15.0. The van der Waals surface area contributed by atoms with Crippen molar-refractivity contribution in [1.82, 2.24) is 0 Å². The maximum atomic E-state index is 2.29. The molecule has 0 fully saturated rings. The molecule has 1 nitrogen and oxygen atoms in total. The topological polar surface area (TPSA) is 3.88 Å². The average Bonchev–Trinajstić information content (AvgIpc) is 2.44. The first-order valence-electron chi connectivity index (χ1n) is 7.72. The van der Waals surface area contributed by atoms with Crippen LogP contribution in [0.2, 0.25) is 0 Å². The van der Waals surface area contributed by atoms with Crippen LogP contribution in [0, 0.1) is 55.4 Å². The first kappa shape index (κ1) is 15.8. The molecule has 0 saturated carbocycles. The predicted molar refractivity (Wildman–Crippen MR) is 91.0 cm³/mol. The van der Waals surface area contributed by atoms with Crippen LogP contribution in [0.5, 0.6) is 0 Å². The summed E-state index contributed by atoms with van der Waals surface area (Å²) < 4.78 is 2.29. The quantitative estimate of drug-likeness (QED) is 0.671. The number of rotatable bonds is 1. The summed E-state index contributed by atoms with van der Waals surface area (Å²) in [6.45, 7) is 17.9. The van der Waals surface area contributed by atoms with Crippen molar-refractivity contribution in [3.05, 3.63) is 50.7 Å². The Hall–Kier alpha value is -1.63. The number of hydrogen-bond donors (Lipinski definition) is 0. The van der Waals surface area contributed by atoms with E-state index in [0.717, 1.165) is 0 Å². The maximum absolute atomic E-state index is 2.29. The summed E-state index contributed by atoms with van der Waals surface area (Å²) in [5.74, 6) is 0. The minimum Gasteiger partial charge on any atom is -0.200 e. The van der Waals surface area contributed by atoms with E-state index in [1.807, 2.05) is 0 Å². The van der Waals surface area contributed by atoms with Gasteiger partial charge in [0.05, 0.1) is 5.56 Å². The molecule has 0 bridgehead atoms. The highest BCUT2D eigenvalue weighted by molar-refractivity contribution is 5.73. The molecule has 0 N–H and O–H groups in total. The number of aryl methyl sites for hydroxylation is 2. The standard InChI is InChI=1S/C20H28N/c1-11-10-21(9)20(18(8)12(11)2)19-16(6)14(4)13(3)15(5)17(19)7/h10H,1-9H3/q+1. The van der Waals surface area contributed by atoms with E-state index in [9.17, 15) is 0 Å². The Balaban J connectivity index is 2.96. The van der Waals surface area contributed by atoms with Gasteiger partial charge in [-0.15, -0.1) is 0 Å². The van der Waals surface area contributed by atoms with Gasteiger partial charge < -0.3 is 0 Å². The van der Waals surface area contributed by atoms with Gasteiger partial charge in [0, 0.05) is 11.1 Å². The van der Waals surface area contributed by atoms with Crippen molar-refractivity contribution in [2.24, 2.45) is 7.05 Å². The van der Waals surface area contributed by atoms with Crippen LogP contribution >= 0.6 is 0 Å². The highest BCUT2D eigenvalue weighted by Crippen LogP contribution is 2.34. The van der Waals surface area contributed by atoms with Crippen molar-refractivity contribution >= 4 is 0 Å². The molecule has 21 heavy (non-hydrogen) atoms. The third-order valence-corrected chi connectivity index (χ3v) is 5.49. The van der Waals surface area contributed by atoms with Gasteiger partial charge in [-0.25, -0.2) is 4.57 Å². The van der Waals surface area contributed by atoms with E-state index >= 15 is 0 Å². The fraction of sp³-hybridized carbons (Fsp3) is 0.450. The second kappa shape index (κ2) is 5.29. The van der Waals surface area contributed by atoms with Gasteiger partial charge in [0.25, 0.3) is 0 Å². The number of pyridine rings is 1. The summed E-state index contributed by atoms with van der Waals surface area (Å²) in [4.78, 5) is 0. The van der Waals surface area contributed by atoms with E-state index in [4.69, 9.17) is 0 Å². The minimum absolute atomic E-state index is 1.36. The Morgan fingerprint density at radius 1 is 0.571 bits per heavy atom. The van der Waals surface area contributed by atoms with Crippen molar-refractivity contribution < 1.29 is 4.57 Å². The third-order valence-electron chi connectivity index (χ3n) is 5.49. The molecular weight excluding hydrogens is 254 g/mol. The van der Waals surface area contributed by atoms with Gasteiger partial charge in [-0.1, -0.05) is 0 Å². The summed E-state index contributed by atoms with van der Waals surface area (Å²) in [6, 6.07) is 0. The molecular formula is C20H28N+. The molecule has 2 rings (SSSR count). The SMILES string of the molecule is Cc1c[n+](C)c(-c2c(C)c(C)c(C)c(C)c2C)c(C)c1C. The van der Waals surface area contributed by atoms with Crippen LogP contribution in [-0.2, 0) is 7.05 Å². The molecule has 0 spiro atoms. The molecule has 0 aliphatic carbocycles. The molecule has 2 aromatic rings. The lowest BCUT2D eigenvalue weighted by molar-refractivity contribution is -0.661. The lowest BCUT2D eigenvalue weighted by Crippen LogP contribution is -2.33. The number of benzene rings is 1. The van der Waals surface area contributed by atoms with Crippen molar-refractivity contribution in [3.63, 3.8) is 0 Å². The van der Waals surface area contributed by atoms with Gasteiger partial charge in [0.1, 0.15) is 7.05 Å². The van der Waals surface area contributed by atoms with Gasteiger partial charge in [0.2, 0.25) is 5.69 Å². The minimum atomic E-state index is 1.36. The Morgan fingerprint density at radius 2 is 1.00 bits per heavy atom. The van der Waals surface area contributed by atoms with E-state index in [2.05, 4.69) is 73.2 Å². The highest BCUT2D eigenvalue weighted by Gasteiger charge is 2.23. The van der Waals surface area contributed by atoms with Crippen LogP contribution in [0.15, 0.2) is 6.20 Å². The van der Waals surface area contributed by atoms with E-state index in [1.54, 1.807) is 0 Å². The van der Waals surface area contributed by atoms with Crippen LogP contribution < -0.4 is 4.57 Å². The van der Waals surface area contributed by atoms with E-state index < -0.39 is 0 Å². The van der Waals surface area contributed by atoms with Crippen LogP contribution in [-0.4, -0.2) is 0 Å². The van der Waals surface area contributed by atoms with Crippen LogP contribution in [0.25, 0.3) is 11.3 Å². The predicted octanol–water partition coefficient (Wildman–Crippen LogP) is 4.65. The van der Waals surface area contributed by atoms with Gasteiger partial charge in [-0.2, -0.15) is 0 Å². The summed E-state index contributed by atoms with van der Waals surface area (Å²) in [5.41, 5.74) is 14.0. The molecule has 1 aromatic heterocycles. The largest absolute Gasteiger partial charge is 0.216 e. The molecule has 1 heteroatoms. The van der Waals surface area contributed by atoms with Crippen molar-refractivity contribution in [2.75, 3.05) is 0 Å². The molecule has 0 aliphatic heterocycles. The molecule has 0 amide bonds. The summed E-state index contributed by atoms with van der Waals surface area (Å²) >= 11 is 0. The molecule has 1 aromatic carbocycles. The van der Waals surface area contributed by atoms with Gasteiger partial charge >= 0.3 is 0 Å². The normalized spacial score (nSPS) is 11.1. The molecule has 0 unspecified atom stereocenters. The molecule has 0 atom stereocenters. The molecule has 0 radical (unpaired) electrons. The third kappa shape index (κ3) is 2.29. The summed E-state index contributed by atoms with van der Waals surface area (Å²) in [7, 11) is 2.16. The fourth-order valence-corrected chi connectivity index (χ4v) is 3.41. The summed E-state index contributed by atoms with van der Waals surface area (Å²) in [6.07, 6.45) is 2.25. The lowest BCUT2D eigenvalue weighted by atomic mass is 9.86. The van der Waals surface area contributed by atoms with Crippen LogP contribution in [0.1, 0.15) is 44.5 Å². The van der Waals surface area contributed by atoms with Gasteiger partial charge in [-0.3, -0.25) is 0 Å². The zero-order chi connectivity index (χ0) is 16.1. The number of aromatic nitrogens is 1. The van der Waals surface area contributed by atoms with Gasteiger partial charge in [-0.05, 0) is 88.8 Å². The number of hydrogen-bond acceptors (Lipinski definition) is 0. The smallest absolute Gasteiger partial charge is 0.200 e. The van der Waals surface area contributed by atoms with Crippen molar-refractivity contribution in [1.29, 1.82) is 0 Å². The van der Waals surface area contributed by atoms with Crippen molar-refractivity contribution in [3.8, 4) is 11.3 Å². The zero-order valence-corrected chi connectivity index (χ0v) is 15.0. The van der Waals surface area contributed by atoms with Crippen LogP contribution in [0.3, 0.4) is 0 Å². The Morgan fingerprint density at radius 3 is 1.48 bits per heavy atom. The van der Waals surface area contributed by atoms with E-state index in [-0.39, 0.29) is 0 Å². The Labute approximate surface area is 129 Å². The van der Waals surface area contributed by atoms with Crippen LogP contribution in [0.4, 0.5) is 0 Å². The lowest BCUT2D eigenvalue weighted by Gasteiger charge is -2.19. The summed E-state index contributed by atoms with van der Waals surface area (Å²) in [5, 5.41) is 0. The van der Waals surface area contributed by atoms with Gasteiger partial charge in [0.15, 0.2) is 6.20 Å². The molecule has 0 aliphatic rings. The Bertz CT molecular complexity index is 707. The Kier molecular flexibility index (Phi) is 3.97. The molecule has 1 heterocycles. The maximum Gasteiger partial charge on any atom is 0.216 e. The monoisotopic (exact) mass is 282 g/mol. The first-order valence-corrected chi connectivity index (χ1v) is 7.72. The average molecular weight is 282 g/mol. The van der Waals surface area contributed by atoms with Crippen molar-refractivity contribution in [2.45, 2.75) is 55.4 Å². The highest BCUT2D eigenvalue weighted by atomic mass is 14.9. The number of nitrogens with zero attached hydrogens (tertiary/aromatic N) is 1. The second-order valence-electron chi connectivity index (χ2n) is 6.52. The molecule has 112 valence electrons. The molecule has 0 saturated heterocycles. The second-order valence-corrected chi connectivity index (χ2v) is 6.52. The first-order chi connectivity index (χ1) is 9.68. The fourth-order valence-electron chi connectivity index (χ4n) is 3.41.